The molecule has 0 saturated heterocycles. The number of ether oxygens (including phenoxy) is 2. The summed E-state index contributed by atoms with van der Waals surface area (Å²) in [6.45, 7) is 6.34. The highest BCUT2D eigenvalue weighted by Crippen LogP contribution is 2.42. The second kappa shape index (κ2) is 9.97. The van der Waals surface area contributed by atoms with Gasteiger partial charge in [0.25, 0.3) is 0 Å². The van der Waals surface area contributed by atoms with Crippen LogP contribution in [0.4, 0.5) is 0 Å². The molecule has 0 N–H and O–H groups in total. The minimum absolute atomic E-state index is 0.0129. The Bertz CT molecular complexity index is 884. The Hall–Kier alpha value is -2.55. The molecule has 1 aliphatic rings. The van der Waals surface area contributed by atoms with Crippen molar-refractivity contribution in [3.05, 3.63) is 82.6 Å². The van der Waals surface area contributed by atoms with Gasteiger partial charge >= 0.3 is 5.97 Å². The molecule has 0 bridgehead atoms. The standard InChI is InChI=1S/C27H34O3/c1-5-16-27(17-15-21-12-8-7-9-13-21)19-24(29-4)25(26(28)30-27)23(6-2)22-14-10-11-20(3)18-22/h7-14,18,23H,5-6,15-17,19H2,1-4H3/t23?,27-/m1/s1. The topological polar surface area (TPSA) is 35.5 Å². The Morgan fingerprint density at radius 1 is 1.07 bits per heavy atom. The van der Waals surface area contributed by atoms with Crippen molar-refractivity contribution in [2.45, 2.75) is 70.8 Å². The lowest BCUT2D eigenvalue weighted by Crippen LogP contribution is -2.42. The third kappa shape index (κ3) is 4.95. The molecule has 30 heavy (non-hydrogen) atoms. The first kappa shape index (κ1) is 22.1. The molecule has 0 fully saturated rings. The fraction of sp³-hybridized carbons (Fsp3) is 0.444. The van der Waals surface area contributed by atoms with E-state index in [2.05, 4.69) is 69.3 Å². The molecule has 0 aliphatic carbocycles. The fourth-order valence-corrected chi connectivity index (χ4v) is 4.68. The van der Waals surface area contributed by atoms with E-state index in [9.17, 15) is 4.79 Å². The highest BCUT2D eigenvalue weighted by molar-refractivity contribution is 5.92. The van der Waals surface area contributed by atoms with Crippen LogP contribution in [0.5, 0.6) is 0 Å². The molecule has 1 aliphatic heterocycles. The van der Waals surface area contributed by atoms with E-state index in [1.54, 1.807) is 7.11 Å². The molecule has 0 spiro atoms. The molecule has 0 amide bonds. The molecule has 1 heterocycles. The summed E-state index contributed by atoms with van der Waals surface area (Å²) in [4.78, 5) is 13.4. The van der Waals surface area contributed by atoms with Crippen LogP contribution in [0.1, 0.15) is 68.6 Å². The summed E-state index contributed by atoms with van der Waals surface area (Å²) < 4.78 is 12.1. The van der Waals surface area contributed by atoms with Gasteiger partial charge in [-0.1, -0.05) is 80.4 Å². The lowest BCUT2D eigenvalue weighted by Gasteiger charge is -2.39. The average Bonchev–Trinajstić information content (AvgIpc) is 2.75. The average molecular weight is 407 g/mol. The van der Waals surface area contributed by atoms with Crippen LogP contribution in [-0.4, -0.2) is 18.7 Å². The molecule has 2 aromatic rings. The van der Waals surface area contributed by atoms with Gasteiger partial charge in [0.1, 0.15) is 11.4 Å². The minimum Gasteiger partial charge on any atom is -0.500 e. The number of hydrogen-bond acceptors (Lipinski definition) is 3. The maximum absolute atomic E-state index is 13.4. The maximum atomic E-state index is 13.4. The van der Waals surface area contributed by atoms with Crippen LogP contribution in [0.15, 0.2) is 65.9 Å². The number of methoxy groups -OCH3 is 1. The molecule has 0 radical (unpaired) electrons. The van der Waals surface area contributed by atoms with Crippen molar-refractivity contribution < 1.29 is 14.3 Å². The lowest BCUT2D eigenvalue weighted by molar-refractivity contribution is -0.161. The lowest BCUT2D eigenvalue weighted by atomic mass is 9.79. The van der Waals surface area contributed by atoms with Gasteiger partial charge < -0.3 is 9.47 Å². The highest BCUT2D eigenvalue weighted by Gasteiger charge is 2.43. The van der Waals surface area contributed by atoms with Crippen LogP contribution in [-0.2, 0) is 20.7 Å². The van der Waals surface area contributed by atoms with Crippen molar-refractivity contribution in [3.8, 4) is 0 Å². The van der Waals surface area contributed by atoms with E-state index in [0.717, 1.165) is 43.4 Å². The van der Waals surface area contributed by atoms with Crippen LogP contribution >= 0.6 is 0 Å². The van der Waals surface area contributed by atoms with Crippen LogP contribution in [0.3, 0.4) is 0 Å². The van der Waals surface area contributed by atoms with Crippen molar-refractivity contribution >= 4 is 5.97 Å². The highest BCUT2D eigenvalue weighted by atomic mass is 16.6. The quantitative estimate of drug-likeness (QED) is 0.445. The maximum Gasteiger partial charge on any atom is 0.338 e. The van der Waals surface area contributed by atoms with Crippen molar-refractivity contribution in [1.29, 1.82) is 0 Å². The summed E-state index contributed by atoms with van der Waals surface area (Å²) in [5.41, 5.74) is 3.80. The van der Waals surface area contributed by atoms with Crippen molar-refractivity contribution in [3.63, 3.8) is 0 Å². The van der Waals surface area contributed by atoms with Gasteiger partial charge in [-0.2, -0.15) is 0 Å². The van der Waals surface area contributed by atoms with E-state index in [0.29, 0.717) is 12.0 Å². The van der Waals surface area contributed by atoms with Gasteiger partial charge in [0.2, 0.25) is 0 Å². The van der Waals surface area contributed by atoms with Crippen LogP contribution < -0.4 is 0 Å². The smallest absolute Gasteiger partial charge is 0.338 e. The van der Waals surface area contributed by atoms with Crippen molar-refractivity contribution in [2.75, 3.05) is 7.11 Å². The summed E-state index contributed by atoms with van der Waals surface area (Å²) in [5, 5.41) is 0. The van der Waals surface area contributed by atoms with Gasteiger partial charge in [-0.3, -0.25) is 0 Å². The largest absolute Gasteiger partial charge is 0.500 e. The minimum atomic E-state index is -0.499. The van der Waals surface area contributed by atoms with Crippen LogP contribution in [0.25, 0.3) is 0 Å². The Morgan fingerprint density at radius 3 is 2.47 bits per heavy atom. The predicted octanol–water partition coefficient (Wildman–Crippen LogP) is 6.51. The Morgan fingerprint density at radius 2 is 1.83 bits per heavy atom. The summed E-state index contributed by atoms with van der Waals surface area (Å²) in [5.74, 6) is 0.565. The molecular formula is C27H34O3. The summed E-state index contributed by atoms with van der Waals surface area (Å²) >= 11 is 0. The van der Waals surface area contributed by atoms with Gasteiger partial charge in [0, 0.05) is 12.3 Å². The monoisotopic (exact) mass is 406 g/mol. The Balaban J connectivity index is 1.92. The molecule has 2 atom stereocenters. The molecule has 1 unspecified atom stereocenters. The summed E-state index contributed by atoms with van der Waals surface area (Å²) in [6.07, 6.45) is 4.96. The first-order chi connectivity index (χ1) is 14.5. The first-order valence-electron chi connectivity index (χ1n) is 11.1. The molecule has 3 rings (SSSR count). The van der Waals surface area contributed by atoms with E-state index < -0.39 is 5.60 Å². The molecule has 160 valence electrons. The van der Waals surface area contributed by atoms with Gasteiger partial charge in [0.15, 0.2) is 0 Å². The van der Waals surface area contributed by atoms with E-state index >= 15 is 0 Å². The second-order valence-corrected chi connectivity index (χ2v) is 8.40. The third-order valence-corrected chi connectivity index (χ3v) is 6.18. The van der Waals surface area contributed by atoms with Crippen LogP contribution in [0, 0.1) is 6.92 Å². The zero-order valence-corrected chi connectivity index (χ0v) is 18.7. The number of cyclic esters (lactones) is 1. The number of esters is 1. The normalized spacial score (nSPS) is 20.1. The number of carbonyl (C=O) groups excluding carboxylic acids is 1. The molecule has 2 aromatic carbocycles. The predicted molar refractivity (Wildman–Crippen MR) is 121 cm³/mol. The molecule has 0 aromatic heterocycles. The molecule has 0 saturated carbocycles. The Labute approximate surface area is 181 Å². The molecule has 3 heteroatoms. The summed E-state index contributed by atoms with van der Waals surface area (Å²) in [7, 11) is 1.69. The van der Waals surface area contributed by atoms with E-state index in [4.69, 9.17) is 9.47 Å². The fourth-order valence-electron chi connectivity index (χ4n) is 4.68. The van der Waals surface area contributed by atoms with E-state index in [-0.39, 0.29) is 11.9 Å². The van der Waals surface area contributed by atoms with E-state index in [1.807, 2.05) is 6.07 Å². The first-order valence-corrected chi connectivity index (χ1v) is 11.1. The zero-order chi connectivity index (χ0) is 21.6. The number of benzene rings is 2. The SMILES string of the molecule is CCC[C@@]1(CCc2ccccc2)CC(OC)=C(C(CC)c2cccc(C)c2)C(=O)O1. The molecular weight excluding hydrogens is 372 g/mol. The zero-order valence-electron chi connectivity index (χ0n) is 18.7. The number of aryl methyl sites for hydroxylation is 2. The number of rotatable bonds is 9. The van der Waals surface area contributed by atoms with E-state index in [1.165, 1.54) is 11.1 Å². The van der Waals surface area contributed by atoms with Gasteiger partial charge in [0.05, 0.1) is 12.7 Å². The van der Waals surface area contributed by atoms with Crippen molar-refractivity contribution in [2.24, 2.45) is 0 Å². The molecule has 3 nitrogen and oxygen atoms in total. The van der Waals surface area contributed by atoms with Crippen LogP contribution in [0.2, 0.25) is 0 Å². The number of carbonyl (C=O) groups is 1. The summed E-state index contributed by atoms with van der Waals surface area (Å²) in [6, 6.07) is 18.8. The number of hydrogen-bond donors (Lipinski definition) is 0. The Kier molecular flexibility index (Phi) is 7.36. The van der Waals surface area contributed by atoms with Crippen molar-refractivity contribution in [1.82, 2.24) is 0 Å². The van der Waals surface area contributed by atoms with Gasteiger partial charge in [-0.05, 0) is 43.7 Å². The second-order valence-electron chi connectivity index (χ2n) is 8.40. The van der Waals surface area contributed by atoms with Gasteiger partial charge in [-0.15, -0.1) is 0 Å². The third-order valence-electron chi connectivity index (χ3n) is 6.18. The van der Waals surface area contributed by atoms with Gasteiger partial charge in [-0.25, -0.2) is 4.79 Å².